The molecule has 0 unspecified atom stereocenters. The van der Waals surface area contributed by atoms with Crippen LogP contribution in [0, 0.1) is 6.92 Å². The lowest BCUT2D eigenvalue weighted by Gasteiger charge is -2.06. The molecule has 0 atom stereocenters. The number of esters is 1. The van der Waals surface area contributed by atoms with Crippen molar-refractivity contribution in [1.82, 2.24) is 0 Å². The molecule has 2 aromatic carbocycles. The Labute approximate surface area is 140 Å². The molecule has 24 heavy (non-hydrogen) atoms. The summed E-state index contributed by atoms with van der Waals surface area (Å²) in [6.07, 6.45) is 1.05. The quantitative estimate of drug-likeness (QED) is 0.268. The van der Waals surface area contributed by atoms with Crippen molar-refractivity contribution in [1.29, 1.82) is 0 Å². The van der Waals surface area contributed by atoms with Gasteiger partial charge >= 0.3 is 5.97 Å². The van der Waals surface area contributed by atoms with E-state index in [2.05, 4.69) is 0 Å². The average molecular weight is 322 g/mol. The fourth-order valence-corrected chi connectivity index (χ4v) is 2.10. The van der Waals surface area contributed by atoms with Gasteiger partial charge in [0, 0.05) is 17.2 Å². The summed E-state index contributed by atoms with van der Waals surface area (Å²) in [5.74, 6) is -1.75. The largest absolute Gasteiger partial charge is 0.462 e. The summed E-state index contributed by atoms with van der Waals surface area (Å²) >= 11 is 0. The number of carbonyl (C=O) groups excluding carboxylic acids is 3. The molecule has 0 spiro atoms. The second-order valence-electron chi connectivity index (χ2n) is 5.20. The van der Waals surface area contributed by atoms with Gasteiger partial charge in [-0.15, -0.1) is 0 Å². The number of aryl methyl sites for hydroxylation is 1. The van der Waals surface area contributed by atoms with Crippen molar-refractivity contribution in [2.45, 2.75) is 13.8 Å². The van der Waals surface area contributed by atoms with E-state index < -0.39 is 17.5 Å². The van der Waals surface area contributed by atoms with Crippen LogP contribution in [0.2, 0.25) is 0 Å². The molecule has 0 aliphatic carbocycles. The molecule has 0 aliphatic rings. The summed E-state index contributed by atoms with van der Waals surface area (Å²) in [5.41, 5.74) is 1.48. The summed E-state index contributed by atoms with van der Waals surface area (Å²) in [6.45, 7) is 3.67. The third kappa shape index (κ3) is 4.26. The van der Waals surface area contributed by atoms with Crippen molar-refractivity contribution in [2.24, 2.45) is 0 Å². The number of rotatable bonds is 6. The third-order valence-electron chi connectivity index (χ3n) is 3.39. The Balaban J connectivity index is 2.38. The molecule has 0 fully saturated rings. The van der Waals surface area contributed by atoms with Gasteiger partial charge < -0.3 is 4.74 Å². The van der Waals surface area contributed by atoms with Gasteiger partial charge in [-0.2, -0.15) is 0 Å². The van der Waals surface area contributed by atoms with Gasteiger partial charge in [-0.05, 0) is 13.8 Å². The van der Waals surface area contributed by atoms with Crippen LogP contribution in [0.25, 0.3) is 0 Å². The first kappa shape index (κ1) is 17.3. The molecular formula is C20H18O4. The van der Waals surface area contributed by atoms with E-state index in [0.29, 0.717) is 11.1 Å². The van der Waals surface area contributed by atoms with Gasteiger partial charge in [0.05, 0.1) is 6.61 Å². The van der Waals surface area contributed by atoms with Crippen LogP contribution in [0.15, 0.2) is 66.2 Å². The van der Waals surface area contributed by atoms with E-state index in [4.69, 9.17) is 4.74 Å². The van der Waals surface area contributed by atoms with E-state index in [1.807, 2.05) is 6.92 Å². The van der Waals surface area contributed by atoms with Crippen LogP contribution >= 0.6 is 0 Å². The number of allylic oxidation sites excluding steroid dienone is 1. The smallest absolute Gasteiger partial charge is 0.342 e. The van der Waals surface area contributed by atoms with E-state index in [1.54, 1.807) is 61.5 Å². The van der Waals surface area contributed by atoms with E-state index in [9.17, 15) is 14.4 Å². The molecule has 0 heterocycles. The van der Waals surface area contributed by atoms with E-state index in [1.165, 1.54) is 0 Å². The van der Waals surface area contributed by atoms with E-state index >= 15 is 0 Å². The van der Waals surface area contributed by atoms with Gasteiger partial charge in [-0.1, -0.05) is 60.2 Å². The van der Waals surface area contributed by atoms with E-state index in [-0.39, 0.29) is 12.2 Å². The normalized spacial score (nSPS) is 11.0. The number of ketones is 2. The lowest BCUT2D eigenvalue weighted by atomic mass is 10.00. The van der Waals surface area contributed by atoms with Gasteiger partial charge in [-0.25, -0.2) is 4.79 Å². The molecule has 0 radical (unpaired) electrons. The maximum absolute atomic E-state index is 12.6. The minimum absolute atomic E-state index is 0.122. The summed E-state index contributed by atoms with van der Waals surface area (Å²) in [6, 6.07) is 15.2. The highest BCUT2D eigenvalue weighted by molar-refractivity contribution is 6.27. The Morgan fingerprint density at radius 2 is 1.54 bits per heavy atom. The van der Waals surface area contributed by atoms with Gasteiger partial charge in [0.2, 0.25) is 0 Å². The first-order chi connectivity index (χ1) is 11.5. The van der Waals surface area contributed by atoms with Gasteiger partial charge in [0.15, 0.2) is 11.6 Å². The SMILES string of the molecule is CCOC(=O)/C(=C/C(=O)c1ccc(C)cc1)C(=O)c1ccccc1. The van der Waals surface area contributed by atoms with Crippen molar-refractivity contribution >= 4 is 17.5 Å². The maximum Gasteiger partial charge on any atom is 0.342 e. The molecule has 2 rings (SSSR count). The number of hydrogen-bond acceptors (Lipinski definition) is 4. The molecule has 0 saturated carbocycles. The Bertz CT molecular complexity index is 771. The summed E-state index contributed by atoms with van der Waals surface area (Å²) in [4.78, 5) is 37.1. The molecular weight excluding hydrogens is 304 g/mol. The second-order valence-corrected chi connectivity index (χ2v) is 5.20. The average Bonchev–Trinajstić information content (AvgIpc) is 2.60. The summed E-state index contributed by atoms with van der Waals surface area (Å²) < 4.78 is 4.92. The van der Waals surface area contributed by atoms with Crippen LogP contribution in [0.5, 0.6) is 0 Å². The first-order valence-electron chi connectivity index (χ1n) is 7.62. The molecule has 0 aromatic heterocycles. The number of carbonyl (C=O) groups is 3. The highest BCUT2D eigenvalue weighted by Gasteiger charge is 2.22. The lowest BCUT2D eigenvalue weighted by Crippen LogP contribution is -2.18. The fraction of sp³-hybridized carbons (Fsp3) is 0.150. The van der Waals surface area contributed by atoms with Crippen LogP contribution in [0.1, 0.15) is 33.2 Å². The topological polar surface area (TPSA) is 60.4 Å². The van der Waals surface area contributed by atoms with E-state index in [0.717, 1.165) is 11.6 Å². The first-order valence-corrected chi connectivity index (χ1v) is 7.62. The number of ether oxygens (including phenoxy) is 1. The Kier molecular flexibility index (Phi) is 5.79. The predicted molar refractivity (Wildman–Crippen MR) is 91.0 cm³/mol. The van der Waals surface area contributed by atoms with Crippen LogP contribution < -0.4 is 0 Å². The highest BCUT2D eigenvalue weighted by Crippen LogP contribution is 2.13. The maximum atomic E-state index is 12.6. The Hall–Kier alpha value is -3.01. The highest BCUT2D eigenvalue weighted by atomic mass is 16.5. The third-order valence-corrected chi connectivity index (χ3v) is 3.39. The zero-order chi connectivity index (χ0) is 17.5. The molecule has 0 aliphatic heterocycles. The lowest BCUT2D eigenvalue weighted by molar-refractivity contribution is -0.138. The van der Waals surface area contributed by atoms with Crippen molar-refractivity contribution in [3.05, 3.63) is 82.9 Å². The Morgan fingerprint density at radius 1 is 0.917 bits per heavy atom. The minimum Gasteiger partial charge on any atom is -0.462 e. The van der Waals surface area contributed by atoms with Gasteiger partial charge in [-0.3, -0.25) is 9.59 Å². The van der Waals surface area contributed by atoms with Crippen molar-refractivity contribution < 1.29 is 19.1 Å². The zero-order valence-corrected chi connectivity index (χ0v) is 13.6. The van der Waals surface area contributed by atoms with Crippen LogP contribution in [-0.4, -0.2) is 24.1 Å². The molecule has 4 nitrogen and oxygen atoms in total. The van der Waals surface area contributed by atoms with Crippen molar-refractivity contribution in [2.75, 3.05) is 6.61 Å². The number of hydrogen-bond donors (Lipinski definition) is 0. The minimum atomic E-state index is -0.799. The van der Waals surface area contributed by atoms with Gasteiger partial charge in [0.1, 0.15) is 5.57 Å². The van der Waals surface area contributed by atoms with Crippen molar-refractivity contribution in [3.63, 3.8) is 0 Å². The number of Topliss-reactive ketones (excluding diaryl/α,β-unsaturated/α-hetero) is 1. The van der Waals surface area contributed by atoms with Crippen LogP contribution in [-0.2, 0) is 9.53 Å². The number of benzene rings is 2. The molecule has 0 amide bonds. The standard InChI is InChI=1S/C20H18O4/c1-3-24-20(23)17(19(22)16-7-5-4-6-8-16)13-18(21)15-11-9-14(2)10-12-15/h4-13H,3H2,1-2H3/b17-13+. The fourth-order valence-electron chi connectivity index (χ4n) is 2.10. The monoisotopic (exact) mass is 322 g/mol. The Morgan fingerprint density at radius 3 is 2.12 bits per heavy atom. The van der Waals surface area contributed by atoms with Gasteiger partial charge in [0.25, 0.3) is 0 Å². The summed E-state index contributed by atoms with van der Waals surface area (Å²) in [5, 5.41) is 0. The zero-order valence-electron chi connectivity index (χ0n) is 13.6. The predicted octanol–water partition coefficient (Wildman–Crippen LogP) is 3.55. The van der Waals surface area contributed by atoms with Crippen LogP contribution in [0.4, 0.5) is 0 Å². The summed E-state index contributed by atoms with van der Waals surface area (Å²) in [7, 11) is 0. The molecule has 0 saturated heterocycles. The molecule has 4 heteroatoms. The molecule has 0 N–H and O–H groups in total. The second kappa shape index (κ2) is 8.02. The molecule has 122 valence electrons. The molecule has 2 aromatic rings. The molecule has 0 bridgehead atoms. The van der Waals surface area contributed by atoms with Crippen molar-refractivity contribution in [3.8, 4) is 0 Å². The van der Waals surface area contributed by atoms with Crippen LogP contribution in [0.3, 0.4) is 0 Å².